The number of aliphatic hydroxyl groups is 1. The van der Waals surface area contributed by atoms with E-state index in [0.717, 1.165) is 46.4 Å². The molecular weight excluding hydrogens is 1240 g/mol. The van der Waals surface area contributed by atoms with Crippen LogP contribution in [0.15, 0.2) is 121 Å². The lowest BCUT2D eigenvalue weighted by Crippen LogP contribution is -2.44. The highest BCUT2D eigenvalue weighted by molar-refractivity contribution is 7.86. The van der Waals surface area contributed by atoms with Crippen molar-refractivity contribution in [3.63, 3.8) is 0 Å². The Balaban J connectivity index is 0.908. The molecular formula is C57H68N9O19P2S2+. The molecule has 9 rings (SSSR count). The number of benzene rings is 3. The summed E-state index contributed by atoms with van der Waals surface area (Å²) in [6.45, 7) is 9.90. The van der Waals surface area contributed by atoms with Gasteiger partial charge in [-0.15, -0.1) is 0 Å². The van der Waals surface area contributed by atoms with Gasteiger partial charge in [-0.25, -0.2) is 28.9 Å². The molecule has 4 aliphatic rings. The van der Waals surface area contributed by atoms with Gasteiger partial charge >= 0.3 is 21.7 Å². The van der Waals surface area contributed by atoms with E-state index < -0.39 is 95.1 Å². The van der Waals surface area contributed by atoms with Gasteiger partial charge in [0.15, 0.2) is 29.5 Å². The summed E-state index contributed by atoms with van der Waals surface area (Å²) in [5, 5.41) is 16.4. The van der Waals surface area contributed by atoms with Crippen molar-refractivity contribution in [2.45, 2.75) is 101 Å². The molecule has 0 saturated carbocycles. The summed E-state index contributed by atoms with van der Waals surface area (Å²) in [7, 11) is -20.0. The quantitative estimate of drug-likeness (QED) is 0.0104. The molecule has 5 aromatic rings. The number of carbonyl (C=O) groups excluding carboxylic acids is 2. The minimum absolute atomic E-state index is 0.0343. The van der Waals surface area contributed by atoms with Crippen LogP contribution >= 0.6 is 15.6 Å². The van der Waals surface area contributed by atoms with Crippen LogP contribution in [0.5, 0.6) is 5.75 Å². The van der Waals surface area contributed by atoms with E-state index in [9.17, 15) is 54.7 Å². The van der Waals surface area contributed by atoms with E-state index in [1.165, 1.54) is 29.1 Å². The summed E-state index contributed by atoms with van der Waals surface area (Å²) in [5.41, 5.74) is 12.3. The molecule has 10 N–H and O–H groups in total. The first-order valence-corrected chi connectivity index (χ1v) is 34.0. The Kier molecular flexibility index (Phi) is 19.5. The number of rotatable bonds is 24. The summed E-state index contributed by atoms with van der Waals surface area (Å²) in [6, 6.07) is 18.1. The number of likely N-dealkylation sites (N-methyl/N-ethyl adjacent to an activating group) is 1. The highest BCUT2D eigenvalue weighted by Gasteiger charge is 2.50. The number of carbonyl (C=O) groups is 2. The van der Waals surface area contributed by atoms with Crippen molar-refractivity contribution in [2.75, 3.05) is 49.2 Å². The van der Waals surface area contributed by atoms with Gasteiger partial charge in [0, 0.05) is 78.6 Å². The molecule has 1 fully saturated rings. The Bertz CT molecular complexity index is 4110. The zero-order chi connectivity index (χ0) is 64.4. The van der Waals surface area contributed by atoms with Crippen molar-refractivity contribution in [2.24, 2.45) is 0 Å². The molecule has 0 aliphatic carbocycles. The molecule has 89 heavy (non-hydrogen) atoms. The molecule has 3 aromatic carbocycles. The van der Waals surface area contributed by atoms with E-state index in [1.54, 1.807) is 6.08 Å². The average Bonchev–Trinajstić information content (AvgIpc) is 1.84. The smallest absolute Gasteiger partial charge is 0.456 e. The summed E-state index contributed by atoms with van der Waals surface area (Å²) in [5.74, 6) is 0.280. The van der Waals surface area contributed by atoms with Gasteiger partial charge in [0.1, 0.15) is 42.1 Å². The van der Waals surface area contributed by atoms with Crippen molar-refractivity contribution >= 4 is 98.9 Å². The number of nitrogens with one attached hydrogen (secondary N) is 2. The summed E-state index contributed by atoms with van der Waals surface area (Å²) in [6.07, 6.45) is 8.44. The summed E-state index contributed by atoms with van der Waals surface area (Å²) >= 11 is 0. The standard InChI is InChI=1S/C57H67N9O19P2S2/c1-6-66-43-30-45-40(29-39(43)35(2)31-56(66,3)4)37(27-44(82-45)36-15-9-7-10-16-36)17-11-8-12-18-47-57(5,41-28-38(89(78,79)80)20-21-42(41)64(47)25-14-26-88(75,76)77)22-13-19-48(67)59-23-24-60-55(69)84-51-50(68)46(32-81-87(73,74)85-86(70,71)72)83-54(51)65-34-63-49-52(58)61-33-62-53(49)65/h7-12,15-18,20-21,27-31,33-34,46,50-51,54,68H,6,13-14,19,22-26,32H2,1-5H3,(H8-,58,59,60,61,62,67,69,70,71,72,73,74,75,76,77,78,79,80)/p+1/t46-,50-,51-,54-,57?/m1/s1. The van der Waals surface area contributed by atoms with Crippen LogP contribution in [0, 0.1) is 0 Å². The fourth-order valence-corrected chi connectivity index (χ4v) is 14.1. The third-order valence-corrected chi connectivity index (χ3v) is 19.2. The number of aliphatic hydroxyl groups excluding tert-OH is 1. The molecule has 32 heteroatoms. The second-order valence-electron chi connectivity index (χ2n) is 22.1. The van der Waals surface area contributed by atoms with E-state index in [0.29, 0.717) is 28.5 Å². The fraction of sp³-hybridized carbons (Fsp3) is 0.368. The van der Waals surface area contributed by atoms with Crippen molar-refractivity contribution in [1.82, 2.24) is 30.2 Å². The molecule has 0 spiro atoms. The predicted molar refractivity (Wildman–Crippen MR) is 327 cm³/mol. The van der Waals surface area contributed by atoms with Crippen LogP contribution in [0.3, 0.4) is 0 Å². The number of imidazole rings is 1. The minimum atomic E-state index is -5.51. The Morgan fingerprint density at radius 1 is 0.933 bits per heavy atom. The summed E-state index contributed by atoms with van der Waals surface area (Å²) in [4.78, 5) is 68.7. The maximum absolute atomic E-state index is 13.5. The van der Waals surface area contributed by atoms with E-state index >= 15 is 0 Å². The van der Waals surface area contributed by atoms with Gasteiger partial charge < -0.3 is 55.3 Å². The number of hydrogen-bond donors (Lipinski definition) is 9. The van der Waals surface area contributed by atoms with E-state index in [4.69, 9.17) is 29.7 Å². The number of nitrogens with two attached hydrogens (primary N) is 1. The SMILES string of the molecule is CCN1c2cc3c(cc2C(C)=CC1(C)C)C(=CC=CC=CC1=[N+](CCCS(=O)(=O)O)c2ccc(S(=O)(=O)O)cc2C1(C)CCCC(=O)NCCNC(=O)O[C@@H]1[C@H](O)[C@@H](COP(=O)(O)OP(=O)(O)O)O[C@H]1n1cnc2c(N)ncnc21)C=C(c1ccccc1)O3. The largest absolute Gasteiger partial charge is 0.481 e. The number of allylic oxidation sites excluding steroid dienone is 8. The number of aromatic nitrogens is 4. The topological polar surface area (TPSA) is 404 Å². The molecule has 28 nitrogen and oxygen atoms in total. The van der Waals surface area contributed by atoms with Crippen molar-refractivity contribution < 1.29 is 92.1 Å². The molecule has 2 unspecified atom stereocenters. The van der Waals surface area contributed by atoms with Crippen molar-refractivity contribution in [1.29, 1.82) is 0 Å². The van der Waals surface area contributed by atoms with Crippen LogP contribution in [0.2, 0.25) is 0 Å². The van der Waals surface area contributed by atoms with Gasteiger partial charge in [0.2, 0.25) is 11.6 Å². The van der Waals surface area contributed by atoms with E-state index in [1.807, 2.05) is 72.2 Å². The van der Waals surface area contributed by atoms with Gasteiger partial charge in [-0.1, -0.05) is 60.7 Å². The third-order valence-electron chi connectivity index (χ3n) is 15.4. The van der Waals surface area contributed by atoms with Gasteiger partial charge in [0.05, 0.1) is 34.5 Å². The highest BCUT2D eigenvalue weighted by atomic mass is 32.2. The van der Waals surface area contributed by atoms with Crippen molar-refractivity contribution in [3.8, 4) is 5.75 Å². The lowest BCUT2D eigenvalue weighted by atomic mass is 9.75. The number of phosphoric acid groups is 2. The normalized spacial score (nSPS) is 22.0. The average molecular weight is 1310 g/mol. The van der Waals surface area contributed by atoms with Crippen LogP contribution in [-0.2, 0) is 57.9 Å². The predicted octanol–water partition coefficient (Wildman–Crippen LogP) is 6.51. The van der Waals surface area contributed by atoms with Gasteiger partial charge in [-0.05, 0) is 82.9 Å². The number of fused-ring (bicyclic) bond motifs is 4. The highest BCUT2D eigenvalue weighted by Crippen LogP contribution is 2.58. The van der Waals surface area contributed by atoms with E-state index in [-0.39, 0.29) is 67.8 Å². The number of hydrogen-bond acceptors (Lipinski definition) is 19. The Morgan fingerprint density at radius 2 is 1.67 bits per heavy atom. The molecule has 2 amide bonds. The van der Waals surface area contributed by atoms with Gasteiger partial charge in [0.25, 0.3) is 20.2 Å². The number of anilines is 2. The maximum atomic E-state index is 13.5. The molecule has 476 valence electrons. The lowest BCUT2D eigenvalue weighted by Gasteiger charge is -2.43. The third kappa shape index (κ3) is 15.3. The van der Waals surface area contributed by atoms with Gasteiger partial charge in [-0.3, -0.25) is 23.0 Å². The molecule has 2 aromatic heterocycles. The fourth-order valence-electron chi connectivity index (χ4n) is 11.5. The Morgan fingerprint density at radius 3 is 2.38 bits per heavy atom. The molecule has 4 aliphatic heterocycles. The first-order chi connectivity index (χ1) is 41.9. The second kappa shape index (κ2) is 26.3. The zero-order valence-electron chi connectivity index (χ0n) is 48.8. The molecule has 1 saturated heterocycles. The van der Waals surface area contributed by atoms with Crippen LogP contribution in [0.25, 0.3) is 28.1 Å². The number of phosphoric ester groups is 1. The number of nitrogens with zero attached hydrogens (tertiary/aromatic N) is 6. The first kappa shape index (κ1) is 66.1. The minimum Gasteiger partial charge on any atom is -0.456 e. The number of nitrogen functional groups attached to an aromatic ring is 1. The Hall–Kier alpha value is -7.28. The van der Waals surface area contributed by atoms with Crippen LogP contribution in [0.1, 0.15) is 88.8 Å². The lowest BCUT2D eigenvalue weighted by molar-refractivity contribution is -0.437. The number of ether oxygens (including phenoxy) is 3. The zero-order valence-corrected chi connectivity index (χ0v) is 52.2. The molecule has 6 heterocycles. The molecule has 0 bridgehead atoms. The van der Waals surface area contributed by atoms with Crippen LogP contribution in [-0.4, -0.2) is 150 Å². The number of alkyl carbamates (subject to hydrolysis) is 1. The Labute approximate surface area is 512 Å². The monoisotopic (exact) mass is 1310 g/mol. The first-order valence-electron chi connectivity index (χ1n) is 28.0. The summed E-state index contributed by atoms with van der Waals surface area (Å²) < 4.78 is 122. The van der Waals surface area contributed by atoms with E-state index in [2.05, 4.69) is 85.2 Å². The molecule has 6 atom stereocenters. The number of amides is 2. The van der Waals surface area contributed by atoms with Crippen LogP contribution in [0.4, 0.5) is 22.0 Å². The maximum Gasteiger partial charge on any atom is 0.481 e. The van der Waals surface area contributed by atoms with Crippen molar-refractivity contribution in [3.05, 3.63) is 138 Å². The van der Waals surface area contributed by atoms with Gasteiger partial charge in [-0.2, -0.15) is 25.7 Å². The van der Waals surface area contributed by atoms with Crippen LogP contribution < -0.4 is 26.0 Å². The second-order valence-corrected chi connectivity index (χ2v) is 27.9. The molecule has 0 radical (unpaired) electrons.